The number of nitrogens with zero attached hydrogens (tertiary/aromatic N) is 2. The average Bonchev–Trinajstić information content (AvgIpc) is 3.60. The van der Waals surface area contributed by atoms with Gasteiger partial charge in [0.1, 0.15) is 11.6 Å². The lowest BCUT2D eigenvalue weighted by atomic mass is 9.71. The van der Waals surface area contributed by atoms with Gasteiger partial charge < -0.3 is 14.7 Å². The first-order valence-electron chi connectivity index (χ1n) is 12.1. The highest BCUT2D eigenvalue weighted by molar-refractivity contribution is 5.88. The molecule has 0 atom stereocenters. The highest BCUT2D eigenvalue weighted by Crippen LogP contribution is 2.45. The van der Waals surface area contributed by atoms with Gasteiger partial charge in [0.05, 0.1) is 12.2 Å². The molecule has 5 rings (SSSR count). The number of likely N-dealkylation sites (tertiary alicyclic amines) is 1. The van der Waals surface area contributed by atoms with E-state index in [0.717, 1.165) is 62.9 Å². The molecule has 2 aliphatic heterocycles. The Bertz CT molecular complexity index is 1050. The molecule has 3 aliphatic rings. The largest absolute Gasteiger partial charge is 0.494 e. The minimum atomic E-state index is -1.22. The van der Waals surface area contributed by atoms with Gasteiger partial charge in [-0.1, -0.05) is 6.07 Å². The van der Waals surface area contributed by atoms with Gasteiger partial charge >= 0.3 is 5.97 Å². The molecule has 0 radical (unpaired) electrons. The summed E-state index contributed by atoms with van der Waals surface area (Å²) >= 11 is 0. The van der Waals surface area contributed by atoms with Crippen LogP contribution in [0.1, 0.15) is 65.6 Å². The molecule has 1 spiro atoms. The van der Waals surface area contributed by atoms with Crippen molar-refractivity contribution in [2.24, 2.45) is 5.41 Å². The van der Waals surface area contributed by atoms with Gasteiger partial charge in [-0.2, -0.15) is 0 Å². The molecule has 1 saturated carbocycles. The third-order valence-corrected chi connectivity index (χ3v) is 7.67. The Morgan fingerprint density at radius 3 is 2.52 bits per heavy atom. The maximum absolute atomic E-state index is 14.1. The molecule has 5 nitrogen and oxygen atoms in total. The molecule has 0 aromatic heterocycles. The minimum Gasteiger partial charge on any atom is -0.494 e. The summed E-state index contributed by atoms with van der Waals surface area (Å²) in [6, 6.07) is 9.08. The average molecular weight is 453 g/mol. The van der Waals surface area contributed by atoms with Crippen LogP contribution in [-0.4, -0.2) is 48.8 Å². The fourth-order valence-electron chi connectivity index (χ4n) is 5.54. The summed E-state index contributed by atoms with van der Waals surface area (Å²) in [4.78, 5) is 15.8. The van der Waals surface area contributed by atoms with Crippen LogP contribution in [0.5, 0.6) is 5.75 Å². The van der Waals surface area contributed by atoms with Crippen molar-refractivity contribution in [2.75, 3.05) is 37.7 Å². The summed E-state index contributed by atoms with van der Waals surface area (Å²) < 4.78 is 20.0. The van der Waals surface area contributed by atoms with Crippen LogP contribution in [-0.2, 0) is 6.54 Å². The molecular formula is C27H33FN2O3. The van der Waals surface area contributed by atoms with Crippen molar-refractivity contribution in [1.29, 1.82) is 0 Å². The lowest BCUT2D eigenvalue weighted by molar-refractivity contribution is 0.0690. The second kappa shape index (κ2) is 8.64. The molecule has 2 heterocycles. The van der Waals surface area contributed by atoms with Gasteiger partial charge in [0.2, 0.25) is 0 Å². The van der Waals surface area contributed by atoms with Crippen LogP contribution in [0.4, 0.5) is 10.1 Å². The normalized spacial score (nSPS) is 20.0. The van der Waals surface area contributed by atoms with Gasteiger partial charge in [0, 0.05) is 30.7 Å². The molecule has 1 N–H and O–H groups in total. The van der Waals surface area contributed by atoms with Crippen LogP contribution in [0.3, 0.4) is 0 Å². The van der Waals surface area contributed by atoms with E-state index in [0.29, 0.717) is 12.0 Å². The van der Waals surface area contributed by atoms with E-state index < -0.39 is 11.8 Å². The number of anilines is 1. The van der Waals surface area contributed by atoms with Crippen LogP contribution in [0.2, 0.25) is 0 Å². The first-order chi connectivity index (χ1) is 15.9. The quantitative estimate of drug-likeness (QED) is 0.625. The van der Waals surface area contributed by atoms with Crippen LogP contribution in [0.25, 0.3) is 0 Å². The van der Waals surface area contributed by atoms with Crippen LogP contribution in [0, 0.1) is 18.2 Å². The number of ether oxygens (including phenoxy) is 1. The monoisotopic (exact) mass is 452 g/mol. The van der Waals surface area contributed by atoms with Crippen LogP contribution in [0.15, 0.2) is 30.3 Å². The minimum absolute atomic E-state index is 0.267. The zero-order valence-electron chi connectivity index (χ0n) is 19.6. The number of carboxylic acid groups (broad SMARTS) is 1. The first-order valence-corrected chi connectivity index (χ1v) is 12.1. The molecule has 33 heavy (non-hydrogen) atoms. The highest BCUT2D eigenvalue weighted by Gasteiger charge is 2.45. The number of carboxylic acids is 1. The van der Waals surface area contributed by atoms with Crippen LogP contribution < -0.4 is 9.64 Å². The van der Waals surface area contributed by atoms with Crippen molar-refractivity contribution in [1.82, 2.24) is 4.90 Å². The topological polar surface area (TPSA) is 53.0 Å². The second-order valence-corrected chi connectivity index (χ2v) is 10.1. The molecule has 0 bridgehead atoms. The molecule has 3 fully saturated rings. The van der Waals surface area contributed by atoms with Crippen molar-refractivity contribution in [3.8, 4) is 5.75 Å². The van der Waals surface area contributed by atoms with E-state index in [1.165, 1.54) is 41.7 Å². The number of aromatic carboxylic acids is 1. The van der Waals surface area contributed by atoms with Gasteiger partial charge in [0.15, 0.2) is 0 Å². The molecule has 6 heteroatoms. The van der Waals surface area contributed by atoms with Crippen molar-refractivity contribution in [3.05, 3.63) is 58.4 Å². The molecule has 0 amide bonds. The zero-order valence-corrected chi connectivity index (χ0v) is 19.6. The fourth-order valence-corrected chi connectivity index (χ4v) is 5.54. The Morgan fingerprint density at radius 1 is 1.18 bits per heavy atom. The molecule has 2 saturated heterocycles. The van der Waals surface area contributed by atoms with Crippen LogP contribution >= 0.6 is 0 Å². The second-order valence-electron chi connectivity index (χ2n) is 10.1. The van der Waals surface area contributed by atoms with E-state index in [1.54, 1.807) is 6.07 Å². The van der Waals surface area contributed by atoms with Gasteiger partial charge in [0.25, 0.3) is 0 Å². The number of hydrogen-bond acceptors (Lipinski definition) is 4. The third-order valence-electron chi connectivity index (χ3n) is 7.67. The van der Waals surface area contributed by atoms with Crippen molar-refractivity contribution >= 4 is 11.7 Å². The standard InChI is InChI=1S/C27H33FN2O3/c1-3-33-25-13-20(23(12-18(25)2)19-4-5-19)15-29-10-8-27(9-11-29)16-30(17-27)21-6-7-22(26(31)32)24(28)14-21/h6-7,12-14,19H,3-5,8-11,15-17H2,1-2H3,(H,31,32). The predicted molar refractivity (Wildman–Crippen MR) is 127 cm³/mol. The summed E-state index contributed by atoms with van der Waals surface area (Å²) in [6.07, 6.45) is 4.88. The summed E-state index contributed by atoms with van der Waals surface area (Å²) in [6.45, 7) is 9.83. The Labute approximate surface area is 195 Å². The number of benzene rings is 2. The summed E-state index contributed by atoms with van der Waals surface area (Å²) in [5.74, 6) is -0.148. The Balaban J connectivity index is 1.20. The molecule has 2 aromatic carbocycles. The van der Waals surface area contributed by atoms with E-state index in [2.05, 4.69) is 28.9 Å². The van der Waals surface area contributed by atoms with E-state index in [9.17, 15) is 9.18 Å². The van der Waals surface area contributed by atoms with Gasteiger partial charge in [-0.05, 0) is 99.5 Å². The molecule has 2 aromatic rings. The Morgan fingerprint density at radius 2 is 1.91 bits per heavy atom. The number of aryl methyl sites for hydroxylation is 1. The Hall–Kier alpha value is -2.60. The number of carbonyl (C=O) groups is 1. The zero-order chi connectivity index (χ0) is 23.2. The van der Waals surface area contributed by atoms with E-state index in [-0.39, 0.29) is 5.56 Å². The summed E-state index contributed by atoms with van der Waals surface area (Å²) in [7, 11) is 0. The summed E-state index contributed by atoms with van der Waals surface area (Å²) in [5.41, 5.74) is 4.98. The van der Waals surface area contributed by atoms with E-state index >= 15 is 0 Å². The number of hydrogen-bond donors (Lipinski definition) is 1. The van der Waals surface area contributed by atoms with Gasteiger partial charge in [-0.25, -0.2) is 9.18 Å². The summed E-state index contributed by atoms with van der Waals surface area (Å²) in [5, 5.41) is 9.04. The first kappa shape index (κ1) is 22.2. The lowest BCUT2D eigenvalue weighted by Crippen LogP contribution is -2.60. The van der Waals surface area contributed by atoms with Gasteiger partial charge in [-0.15, -0.1) is 0 Å². The number of piperidine rings is 1. The highest BCUT2D eigenvalue weighted by atomic mass is 19.1. The number of rotatable bonds is 7. The maximum Gasteiger partial charge on any atom is 0.338 e. The smallest absolute Gasteiger partial charge is 0.338 e. The number of halogens is 1. The Kier molecular flexibility index (Phi) is 5.81. The van der Waals surface area contributed by atoms with E-state index in [4.69, 9.17) is 9.84 Å². The lowest BCUT2D eigenvalue weighted by Gasteiger charge is -2.55. The van der Waals surface area contributed by atoms with Gasteiger partial charge in [-0.3, -0.25) is 4.90 Å². The maximum atomic E-state index is 14.1. The molecule has 1 aliphatic carbocycles. The fraction of sp³-hybridized carbons (Fsp3) is 0.519. The third kappa shape index (κ3) is 4.45. The van der Waals surface area contributed by atoms with Crippen molar-refractivity contribution < 1.29 is 19.0 Å². The molecule has 176 valence electrons. The molecule has 0 unspecified atom stereocenters. The van der Waals surface area contributed by atoms with E-state index in [1.807, 2.05) is 6.92 Å². The molecular weight excluding hydrogens is 419 g/mol. The van der Waals surface area contributed by atoms with Crippen molar-refractivity contribution in [2.45, 2.75) is 52.0 Å². The van der Waals surface area contributed by atoms with Crippen molar-refractivity contribution in [3.63, 3.8) is 0 Å². The predicted octanol–water partition coefficient (Wildman–Crippen LogP) is 5.21. The SMILES string of the molecule is CCOc1cc(CN2CCC3(CC2)CN(c2ccc(C(=O)O)c(F)c2)C3)c(C2CC2)cc1C.